The van der Waals surface area contributed by atoms with Crippen LogP contribution in [0.4, 0.5) is 8.78 Å². The molecule has 0 bridgehead atoms. The van der Waals surface area contributed by atoms with Crippen LogP contribution in [0.5, 0.6) is 5.75 Å². The van der Waals surface area contributed by atoms with Crippen LogP contribution in [0.1, 0.15) is 34.5 Å². The van der Waals surface area contributed by atoms with E-state index in [-0.39, 0.29) is 23.9 Å². The van der Waals surface area contributed by atoms with Gasteiger partial charge in [0.2, 0.25) is 5.91 Å². The van der Waals surface area contributed by atoms with E-state index in [0.717, 1.165) is 5.56 Å². The highest BCUT2D eigenvalue weighted by Crippen LogP contribution is 2.20. The van der Waals surface area contributed by atoms with E-state index in [1.807, 2.05) is 6.07 Å². The fourth-order valence-electron chi connectivity index (χ4n) is 2.33. The van der Waals surface area contributed by atoms with Crippen LogP contribution >= 0.6 is 0 Å². The fraction of sp³-hybridized carbons (Fsp3) is 0.211. The first-order valence-electron chi connectivity index (χ1n) is 8.02. The first kappa shape index (κ1) is 19.8. The lowest BCUT2D eigenvalue weighted by Crippen LogP contribution is -2.38. The Morgan fingerprint density at radius 3 is 2.44 bits per heavy atom. The third kappa shape index (κ3) is 5.78. The maximum absolute atomic E-state index is 12.4. The number of nitrogens with zero attached hydrogens (tertiary/aromatic N) is 1. The molecule has 0 heterocycles. The highest BCUT2D eigenvalue weighted by atomic mass is 19.3. The molecule has 2 amide bonds. The van der Waals surface area contributed by atoms with Gasteiger partial charge < -0.3 is 15.4 Å². The molecular formula is C19H17F2N3O3. The van der Waals surface area contributed by atoms with E-state index < -0.39 is 18.4 Å². The Morgan fingerprint density at radius 2 is 1.81 bits per heavy atom. The van der Waals surface area contributed by atoms with Gasteiger partial charge in [-0.1, -0.05) is 24.3 Å². The number of hydrogen-bond donors (Lipinski definition) is 2. The van der Waals surface area contributed by atoms with Crippen molar-refractivity contribution in [1.82, 2.24) is 10.6 Å². The third-order valence-electron chi connectivity index (χ3n) is 3.67. The molecule has 0 spiro atoms. The normalized spacial score (nSPS) is 11.4. The van der Waals surface area contributed by atoms with Crippen LogP contribution in [0.3, 0.4) is 0 Å². The Labute approximate surface area is 154 Å². The number of amides is 2. The lowest BCUT2D eigenvalue weighted by atomic mass is 10.1. The average molecular weight is 373 g/mol. The van der Waals surface area contributed by atoms with Crippen molar-refractivity contribution in [2.24, 2.45) is 0 Å². The third-order valence-corrected chi connectivity index (χ3v) is 3.67. The molecule has 0 aliphatic carbocycles. The minimum absolute atomic E-state index is 0.0919. The summed E-state index contributed by atoms with van der Waals surface area (Å²) in [4.78, 5) is 24.2. The van der Waals surface area contributed by atoms with E-state index >= 15 is 0 Å². The van der Waals surface area contributed by atoms with Gasteiger partial charge in [-0.25, -0.2) is 0 Å². The molecule has 0 aliphatic rings. The zero-order chi connectivity index (χ0) is 19.8. The highest BCUT2D eigenvalue weighted by Gasteiger charge is 2.16. The van der Waals surface area contributed by atoms with Crippen molar-refractivity contribution in [3.63, 3.8) is 0 Å². The molecule has 0 saturated carbocycles. The molecule has 0 saturated heterocycles. The molecule has 0 aliphatic heterocycles. The Bertz CT molecular complexity index is 848. The van der Waals surface area contributed by atoms with E-state index in [1.54, 1.807) is 31.2 Å². The number of nitrogens with one attached hydrogen (secondary N) is 2. The van der Waals surface area contributed by atoms with Crippen molar-refractivity contribution >= 4 is 11.8 Å². The van der Waals surface area contributed by atoms with Gasteiger partial charge >= 0.3 is 6.61 Å². The summed E-state index contributed by atoms with van der Waals surface area (Å²) in [5.74, 6) is -1.42. The predicted octanol–water partition coefficient (Wildman–Crippen LogP) is 2.77. The van der Waals surface area contributed by atoms with Crippen LogP contribution in [0.2, 0.25) is 0 Å². The Balaban J connectivity index is 1.91. The van der Waals surface area contributed by atoms with Gasteiger partial charge in [0.25, 0.3) is 5.91 Å². The zero-order valence-corrected chi connectivity index (χ0v) is 14.4. The number of halogens is 2. The Hall–Kier alpha value is -3.47. The van der Waals surface area contributed by atoms with Gasteiger partial charge in [0.1, 0.15) is 5.75 Å². The fourth-order valence-corrected chi connectivity index (χ4v) is 2.33. The molecular weight excluding hydrogens is 356 g/mol. The van der Waals surface area contributed by atoms with Gasteiger partial charge in [-0.15, -0.1) is 0 Å². The second-order valence-electron chi connectivity index (χ2n) is 5.58. The molecule has 0 fully saturated rings. The molecule has 2 N–H and O–H groups in total. The summed E-state index contributed by atoms with van der Waals surface area (Å²) in [5, 5.41) is 13.9. The van der Waals surface area contributed by atoms with Crippen LogP contribution in [-0.2, 0) is 4.79 Å². The minimum Gasteiger partial charge on any atom is -0.434 e. The van der Waals surface area contributed by atoms with Gasteiger partial charge in [0, 0.05) is 0 Å². The molecule has 1 unspecified atom stereocenters. The van der Waals surface area contributed by atoms with E-state index in [2.05, 4.69) is 15.4 Å². The second-order valence-corrected chi connectivity index (χ2v) is 5.58. The van der Waals surface area contributed by atoms with Crippen LogP contribution in [0.25, 0.3) is 0 Å². The van der Waals surface area contributed by atoms with Crippen molar-refractivity contribution in [2.75, 3.05) is 6.54 Å². The predicted molar refractivity (Wildman–Crippen MR) is 93.1 cm³/mol. The van der Waals surface area contributed by atoms with Gasteiger partial charge in [0.15, 0.2) is 0 Å². The molecule has 1 atom stereocenters. The lowest BCUT2D eigenvalue weighted by molar-refractivity contribution is -0.120. The number of para-hydroxylation sites is 1. The van der Waals surface area contributed by atoms with Crippen molar-refractivity contribution in [3.8, 4) is 11.8 Å². The summed E-state index contributed by atoms with van der Waals surface area (Å²) >= 11 is 0. The molecule has 2 aromatic carbocycles. The smallest absolute Gasteiger partial charge is 0.387 e. The summed E-state index contributed by atoms with van der Waals surface area (Å²) < 4.78 is 29.1. The number of rotatable bonds is 7. The van der Waals surface area contributed by atoms with Gasteiger partial charge in [-0.05, 0) is 36.8 Å². The van der Waals surface area contributed by atoms with Gasteiger partial charge in [0.05, 0.1) is 29.8 Å². The zero-order valence-electron chi connectivity index (χ0n) is 14.4. The first-order valence-corrected chi connectivity index (χ1v) is 8.02. The number of carbonyl (C=O) groups excluding carboxylic acids is 2. The molecule has 6 nitrogen and oxygen atoms in total. The van der Waals surface area contributed by atoms with E-state index in [4.69, 9.17) is 5.26 Å². The Kier molecular flexibility index (Phi) is 6.83. The number of alkyl halides is 2. The highest BCUT2D eigenvalue weighted by molar-refractivity contribution is 5.98. The lowest BCUT2D eigenvalue weighted by Gasteiger charge is -2.15. The average Bonchev–Trinajstić information content (AvgIpc) is 2.66. The summed E-state index contributed by atoms with van der Waals surface area (Å²) in [7, 11) is 0. The van der Waals surface area contributed by atoms with Crippen molar-refractivity contribution in [1.29, 1.82) is 5.26 Å². The second kappa shape index (κ2) is 9.29. The van der Waals surface area contributed by atoms with Crippen LogP contribution in [0, 0.1) is 11.3 Å². The SMILES string of the molecule is CC(NC(=O)CNC(=O)c1ccccc1OC(F)F)c1ccc(C#N)cc1. The molecule has 0 radical (unpaired) electrons. The van der Waals surface area contributed by atoms with Gasteiger partial charge in [-0.3, -0.25) is 9.59 Å². The topological polar surface area (TPSA) is 91.2 Å². The maximum atomic E-state index is 12.4. The number of nitriles is 1. The minimum atomic E-state index is -3.06. The summed E-state index contributed by atoms with van der Waals surface area (Å²) in [6.07, 6.45) is 0. The molecule has 2 aromatic rings. The molecule has 8 heteroatoms. The summed E-state index contributed by atoms with van der Waals surface area (Å²) in [6, 6.07) is 13.9. The largest absolute Gasteiger partial charge is 0.434 e. The van der Waals surface area contributed by atoms with E-state index in [1.165, 1.54) is 24.3 Å². The number of benzene rings is 2. The molecule has 140 valence electrons. The van der Waals surface area contributed by atoms with Crippen molar-refractivity contribution in [2.45, 2.75) is 19.6 Å². The van der Waals surface area contributed by atoms with Crippen LogP contribution in [-0.4, -0.2) is 25.0 Å². The molecule has 0 aromatic heterocycles. The van der Waals surface area contributed by atoms with Crippen LogP contribution in [0.15, 0.2) is 48.5 Å². The van der Waals surface area contributed by atoms with Crippen molar-refractivity contribution in [3.05, 3.63) is 65.2 Å². The Morgan fingerprint density at radius 1 is 1.15 bits per heavy atom. The molecule has 2 rings (SSSR count). The van der Waals surface area contributed by atoms with Crippen molar-refractivity contribution < 1.29 is 23.1 Å². The monoisotopic (exact) mass is 373 g/mol. The summed E-state index contributed by atoms with van der Waals surface area (Å²) in [6.45, 7) is -1.63. The first-order chi connectivity index (χ1) is 12.9. The maximum Gasteiger partial charge on any atom is 0.387 e. The quantitative estimate of drug-likeness (QED) is 0.781. The van der Waals surface area contributed by atoms with Crippen LogP contribution < -0.4 is 15.4 Å². The number of carbonyl (C=O) groups is 2. The van der Waals surface area contributed by atoms with E-state index in [0.29, 0.717) is 5.56 Å². The molecule has 27 heavy (non-hydrogen) atoms. The van der Waals surface area contributed by atoms with E-state index in [9.17, 15) is 18.4 Å². The standard InChI is InChI=1S/C19H17F2N3O3/c1-12(14-8-6-13(10-22)7-9-14)24-17(25)11-23-18(26)15-4-2-3-5-16(15)27-19(20)21/h2-9,12,19H,11H2,1H3,(H,23,26)(H,24,25). The number of ether oxygens (including phenoxy) is 1. The summed E-state index contributed by atoms with van der Waals surface area (Å²) in [5.41, 5.74) is 1.21. The number of hydrogen-bond acceptors (Lipinski definition) is 4. The van der Waals surface area contributed by atoms with Gasteiger partial charge in [-0.2, -0.15) is 14.0 Å².